The summed E-state index contributed by atoms with van der Waals surface area (Å²) in [5.41, 5.74) is 0.781. The SMILES string of the molecule is CN1CCN(CC(=O)Nc2ccn(-c3ccc(Cl)c(Cl)c3)n2)CC1. The minimum absolute atomic E-state index is 0.0565. The van der Waals surface area contributed by atoms with Crippen LogP contribution in [0.3, 0.4) is 0 Å². The third kappa shape index (κ3) is 4.27. The number of nitrogens with zero attached hydrogens (tertiary/aromatic N) is 4. The van der Waals surface area contributed by atoms with Gasteiger partial charge in [0.25, 0.3) is 0 Å². The van der Waals surface area contributed by atoms with Gasteiger partial charge in [-0.15, -0.1) is 0 Å². The van der Waals surface area contributed by atoms with Crippen LogP contribution in [0.25, 0.3) is 5.69 Å². The van der Waals surface area contributed by atoms with Gasteiger partial charge in [-0.2, -0.15) is 5.10 Å². The highest BCUT2D eigenvalue weighted by atomic mass is 35.5. The summed E-state index contributed by atoms with van der Waals surface area (Å²) < 4.78 is 1.65. The predicted octanol–water partition coefficient (Wildman–Crippen LogP) is 2.37. The summed E-state index contributed by atoms with van der Waals surface area (Å²) in [6, 6.07) is 7.01. The number of rotatable bonds is 4. The van der Waals surface area contributed by atoms with Gasteiger partial charge in [-0.25, -0.2) is 4.68 Å². The van der Waals surface area contributed by atoms with Gasteiger partial charge in [-0.1, -0.05) is 23.2 Å². The Morgan fingerprint density at radius 3 is 2.62 bits per heavy atom. The lowest BCUT2D eigenvalue weighted by Crippen LogP contribution is -2.47. The summed E-state index contributed by atoms with van der Waals surface area (Å²) in [6.07, 6.45) is 1.77. The van der Waals surface area contributed by atoms with Gasteiger partial charge >= 0.3 is 0 Å². The molecule has 0 radical (unpaired) electrons. The average molecular weight is 368 g/mol. The van der Waals surface area contributed by atoms with Crippen molar-refractivity contribution in [2.75, 3.05) is 45.1 Å². The van der Waals surface area contributed by atoms with Gasteiger partial charge in [0.05, 0.1) is 22.3 Å². The Labute approximate surface area is 150 Å². The summed E-state index contributed by atoms with van der Waals surface area (Å²) in [5.74, 6) is 0.458. The highest BCUT2D eigenvalue weighted by molar-refractivity contribution is 6.42. The molecule has 1 aromatic heterocycles. The van der Waals surface area contributed by atoms with Crippen LogP contribution in [-0.2, 0) is 4.79 Å². The molecule has 128 valence electrons. The van der Waals surface area contributed by atoms with E-state index in [2.05, 4.69) is 27.3 Å². The molecule has 1 fully saturated rings. The largest absolute Gasteiger partial charge is 0.308 e. The first kappa shape index (κ1) is 17.2. The van der Waals surface area contributed by atoms with Gasteiger partial charge in [-0.05, 0) is 25.2 Å². The maximum absolute atomic E-state index is 12.2. The molecule has 6 nitrogen and oxygen atoms in total. The van der Waals surface area contributed by atoms with E-state index in [-0.39, 0.29) is 5.91 Å². The van der Waals surface area contributed by atoms with Crippen molar-refractivity contribution in [1.82, 2.24) is 19.6 Å². The van der Waals surface area contributed by atoms with Gasteiger partial charge in [0.15, 0.2) is 5.82 Å². The molecular weight excluding hydrogens is 349 g/mol. The van der Waals surface area contributed by atoms with E-state index in [1.165, 1.54) is 0 Å². The molecular formula is C16H19Cl2N5O. The Morgan fingerprint density at radius 2 is 1.92 bits per heavy atom. The number of piperazine rings is 1. The normalized spacial score (nSPS) is 16.3. The zero-order chi connectivity index (χ0) is 17.1. The van der Waals surface area contributed by atoms with E-state index < -0.39 is 0 Å². The second kappa shape index (κ2) is 7.53. The van der Waals surface area contributed by atoms with Crippen LogP contribution in [0.4, 0.5) is 5.82 Å². The van der Waals surface area contributed by atoms with Crippen molar-refractivity contribution >= 4 is 34.9 Å². The molecule has 3 rings (SSSR count). The molecule has 1 aliphatic rings. The van der Waals surface area contributed by atoms with Gasteiger partial charge < -0.3 is 10.2 Å². The first-order valence-electron chi connectivity index (χ1n) is 7.73. The maximum Gasteiger partial charge on any atom is 0.239 e. The summed E-state index contributed by atoms with van der Waals surface area (Å²) in [4.78, 5) is 16.6. The minimum Gasteiger partial charge on any atom is -0.308 e. The molecule has 0 spiro atoms. The third-order valence-corrected chi connectivity index (χ3v) is 4.73. The topological polar surface area (TPSA) is 53.4 Å². The van der Waals surface area contributed by atoms with Crippen LogP contribution in [0.15, 0.2) is 30.5 Å². The number of carbonyl (C=O) groups is 1. The first-order valence-corrected chi connectivity index (χ1v) is 8.49. The van der Waals surface area contributed by atoms with E-state index in [0.29, 0.717) is 22.4 Å². The summed E-state index contributed by atoms with van der Waals surface area (Å²) in [7, 11) is 2.09. The zero-order valence-electron chi connectivity index (χ0n) is 13.4. The number of amides is 1. The molecule has 0 atom stereocenters. The highest BCUT2D eigenvalue weighted by Crippen LogP contribution is 2.24. The van der Waals surface area contributed by atoms with Crippen molar-refractivity contribution in [3.05, 3.63) is 40.5 Å². The standard InChI is InChI=1S/C16H19Cl2N5O/c1-21-6-8-22(9-7-21)11-16(24)19-15-4-5-23(20-15)12-2-3-13(17)14(18)10-12/h2-5,10H,6-9,11H2,1H3,(H,19,20,24). The first-order chi connectivity index (χ1) is 11.5. The molecule has 1 saturated heterocycles. The van der Waals surface area contributed by atoms with Crippen molar-refractivity contribution in [1.29, 1.82) is 0 Å². The number of carbonyl (C=O) groups excluding carboxylic acids is 1. The molecule has 0 bridgehead atoms. The highest BCUT2D eigenvalue weighted by Gasteiger charge is 2.17. The second-order valence-electron chi connectivity index (χ2n) is 5.87. The number of aromatic nitrogens is 2. The van der Waals surface area contributed by atoms with Crippen molar-refractivity contribution in [2.24, 2.45) is 0 Å². The van der Waals surface area contributed by atoms with Crippen LogP contribution < -0.4 is 5.32 Å². The fraction of sp³-hybridized carbons (Fsp3) is 0.375. The Balaban J connectivity index is 1.59. The number of anilines is 1. The van der Waals surface area contributed by atoms with Crippen molar-refractivity contribution in [2.45, 2.75) is 0 Å². The van der Waals surface area contributed by atoms with E-state index in [1.807, 2.05) is 6.07 Å². The Bertz CT molecular complexity index is 725. The van der Waals surface area contributed by atoms with Crippen molar-refractivity contribution in [3.63, 3.8) is 0 Å². The van der Waals surface area contributed by atoms with E-state index >= 15 is 0 Å². The van der Waals surface area contributed by atoms with Crippen molar-refractivity contribution < 1.29 is 4.79 Å². The molecule has 1 amide bonds. The van der Waals surface area contributed by atoms with Gasteiger partial charge in [0, 0.05) is 38.4 Å². The van der Waals surface area contributed by atoms with Crippen LogP contribution in [0.1, 0.15) is 0 Å². The summed E-state index contributed by atoms with van der Waals surface area (Å²) in [5, 5.41) is 8.14. The molecule has 0 aliphatic carbocycles. The van der Waals surface area contributed by atoms with E-state index in [1.54, 1.807) is 29.1 Å². The average Bonchev–Trinajstić information content (AvgIpc) is 3.00. The van der Waals surface area contributed by atoms with Crippen LogP contribution in [0.5, 0.6) is 0 Å². The van der Waals surface area contributed by atoms with Crippen LogP contribution >= 0.6 is 23.2 Å². The maximum atomic E-state index is 12.2. The Kier molecular flexibility index (Phi) is 5.40. The monoisotopic (exact) mass is 367 g/mol. The number of likely N-dealkylation sites (N-methyl/N-ethyl adjacent to an activating group) is 1. The van der Waals surface area contributed by atoms with Gasteiger partial charge in [0.2, 0.25) is 5.91 Å². The number of hydrogen-bond donors (Lipinski definition) is 1. The predicted molar refractivity (Wildman–Crippen MR) is 96.2 cm³/mol. The lowest BCUT2D eigenvalue weighted by Gasteiger charge is -2.31. The number of nitrogens with one attached hydrogen (secondary N) is 1. The summed E-state index contributed by atoms with van der Waals surface area (Å²) in [6.45, 7) is 4.16. The molecule has 0 unspecified atom stereocenters. The molecule has 0 saturated carbocycles. The smallest absolute Gasteiger partial charge is 0.239 e. The van der Waals surface area contributed by atoms with Crippen molar-refractivity contribution in [3.8, 4) is 5.69 Å². The number of benzene rings is 1. The van der Waals surface area contributed by atoms with Crippen LogP contribution in [-0.4, -0.2) is 65.3 Å². The van der Waals surface area contributed by atoms with E-state index in [0.717, 1.165) is 31.9 Å². The molecule has 1 N–H and O–H groups in total. The molecule has 8 heteroatoms. The minimum atomic E-state index is -0.0565. The quantitative estimate of drug-likeness (QED) is 0.900. The Hall–Kier alpha value is -1.60. The zero-order valence-corrected chi connectivity index (χ0v) is 14.9. The number of hydrogen-bond acceptors (Lipinski definition) is 4. The van der Waals surface area contributed by atoms with Gasteiger partial charge in [-0.3, -0.25) is 9.69 Å². The fourth-order valence-electron chi connectivity index (χ4n) is 2.55. The lowest BCUT2D eigenvalue weighted by atomic mass is 10.3. The fourth-order valence-corrected chi connectivity index (χ4v) is 2.85. The molecule has 1 aliphatic heterocycles. The molecule has 2 aromatic rings. The Morgan fingerprint density at radius 1 is 1.17 bits per heavy atom. The van der Waals surface area contributed by atoms with Crippen LogP contribution in [0.2, 0.25) is 10.0 Å². The molecule has 1 aromatic carbocycles. The van der Waals surface area contributed by atoms with E-state index in [9.17, 15) is 4.79 Å². The third-order valence-electron chi connectivity index (χ3n) is 3.99. The lowest BCUT2D eigenvalue weighted by molar-refractivity contribution is -0.117. The second-order valence-corrected chi connectivity index (χ2v) is 6.69. The van der Waals surface area contributed by atoms with Crippen LogP contribution in [0, 0.1) is 0 Å². The summed E-state index contributed by atoms with van der Waals surface area (Å²) >= 11 is 11.9. The van der Waals surface area contributed by atoms with E-state index in [4.69, 9.17) is 23.2 Å². The van der Waals surface area contributed by atoms with Gasteiger partial charge in [0.1, 0.15) is 0 Å². The molecule has 24 heavy (non-hydrogen) atoms. The number of halogens is 2. The molecule has 2 heterocycles.